The van der Waals surface area contributed by atoms with E-state index in [1.807, 2.05) is 30.3 Å². The van der Waals surface area contributed by atoms with E-state index in [0.29, 0.717) is 5.69 Å². The van der Waals surface area contributed by atoms with Gasteiger partial charge in [0.25, 0.3) is 0 Å². The molecule has 0 aliphatic rings. The van der Waals surface area contributed by atoms with Crippen LogP contribution >= 0.6 is 22.6 Å². The maximum absolute atomic E-state index is 9.93. The molecular formula is C16H12INO. The summed E-state index contributed by atoms with van der Waals surface area (Å²) in [6.07, 6.45) is 0. The first-order valence-electron chi connectivity index (χ1n) is 5.93. The molecule has 3 rings (SSSR count). The van der Waals surface area contributed by atoms with Crippen molar-refractivity contribution in [3.63, 3.8) is 0 Å². The number of benzene rings is 3. The molecular weight excluding hydrogens is 349 g/mol. The minimum atomic E-state index is 0.159. The molecule has 0 heterocycles. The topological polar surface area (TPSA) is 46.2 Å². The van der Waals surface area contributed by atoms with Crippen molar-refractivity contribution >= 4 is 39.1 Å². The van der Waals surface area contributed by atoms with Crippen LogP contribution in [0, 0.1) is 3.57 Å². The Balaban J connectivity index is 2.22. The van der Waals surface area contributed by atoms with Gasteiger partial charge in [-0.3, -0.25) is 0 Å². The van der Waals surface area contributed by atoms with E-state index < -0.39 is 0 Å². The second-order valence-corrected chi connectivity index (χ2v) is 5.58. The summed E-state index contributed by atoms with van der Waals surface area (Å²) in [7, 11) is 0. The number of fused-ring (bicyclic) bond motifs is 1. The van der Waals surface area contributed by atoms with Crippen molar-refractivity contribution in [3.05, 3.63) is 58.2 Å². The largest absolute Gasteiger partial charge is 0.505 e. The first-order chi connectivity index (χ1) is 9.16. The number of hydrogen-bond acceptors (Lipinski definition) is 2. The van der Waals surface area contributed by atoms with Crippen molar-refractivity contribution < 1.29 is 5.11 Å². The van der Waals surface area contributed by atoms with Gasteiger partial charge >= 0.3 is 0 Å². The Hall–Kier alpha value is -1.75. The fourth-order valence-electron chi connectivity index (χ4n) is 2.19. The molecule has 94 valence electrons. The maximum Gasteiger partial charge on any atom is 0.152 e. The molecule has 0 saturated carbocycles. The highest BCUT2D eigenvalue weighted by Crippen LogP contribution is 2.36. The molecule has 0 spiro atoms. The van der Waals surface area contributed by atoms with Crippen molar-refractivity contribution in [1.29, 1.82) is 0 Å². The fraction of sp³-hybridized carbons (Fsp3) is 0. The van der Waals surface area contributed by atoms with E-state index in [9.17, 15) is 5.11 Å². The lowest BCUT2D eigenvalue weighted by Crippen LogP contribution is -1.92. The fourth-order valence-corrected chi connectivity index (χ4v) is 2.66. The smallest absolute Gasteiger partial charge is 0.152 e. The van der Waals surface area contributed by atoms with Crippen LogP contribution < -0.4 is 5.73 Å². The Morgan fingerprint density at radius 1 is 0.895 bits per heavy atom. The van der Waals surface area contributed by atoms with Gasteiger partial charge in [-0.15, -0.1) is 0 Å². The van der Waals surface area contributed by atoms with E-state index in [0.717, 1.165) is 20.1 Å². The SMILES string of the molecule is Nc1c(-c2ccc3ccccc3c2)ccc(I)c1O. The van der Waals surface area contributed by atoms with Crippen molar-refractivity contribution in [2.24, 2.45) is 0 Å². The van der Waals surface area contributed by atoms with Gasteiger partial charge in [-0.2, -0.15) is 0 Å². The number of halogens is 1. The zero-order valence-electron chi connectivity index (χ0n) is 10.1. The molecule has 3 aromatic carbocycles. The summed E-state index contributed by atoms with van der Waals surface area (Å²) in [6.45, 7) is 0. The third-order valence-corrected chi connectivity index (χ3v) is 4.10. The Kier molecular flexibility index (Phi) is 3.06. The number of anilines is 1. The van der Waals surface area contributed by atoms with Crippen LogP contribution in [0.1, 0.15) is 0 Å². The van der Waals surface area contributed by atoms with E-state index in [4.69, 9.17) is 5.73 Å². The molecule has 3 N–H and O–H groups in total. The molecule has 0 saturated heterocycles. The molecule has 0 aromatic heterocycles. The zero-order chi connectivity index (χ0) is 13.4. The zero-order valence-corrected chi connectivity index (χ0v) is 12.3. The number of phenols is 1. The van der Waals surface area contributed by atoms with Crippen LogP contribution in [0.5, 0.6) is 5.75 Å². The average molecular weight is 361 g/mol. The second-order valence-electron chi connectivity index (χ2n) is 4.42. The summed E-state index contributed by atoms with van der Waals surface area (Å²) >= 11 is 2.07. The van der Waals surface area contributed by atoms with Gasteiger partial charge in [0.2, 0.25) is 0 Å². The number of nitrogens with two attached hydrogens (primary N) is 1. The molecule has 19 heavy (non-hydrogen) atoms. The van der Waals surface area contributed by atoms with E-state index in [1.54, 1.807) is 0 Å². The van der Waals surface area contributed by atoms with E-state index in [-0.39, 0.29) is 5.75 Å². The molecule has 3 aromatic rings. The van der Waals surface area contributed by atoms with Gasteiger partial charge in [0.15, 0.2) is 5.75 Å². The van der Waals surface area contributed by atoms with Crippen molar-refractivity contribution in [2.75, 3.05) is 5.73 Å². The Morgan fingerprint density at radius 2 is 1.63 bits per heavy atom. The number of phenolic OH excluding ortho intramolecular Hbond substituents is 1. The van der Waals surface area contributed by atoms with Gasteiger partial charge in [0, 0.05) is 5.56 Å². The van der Waals surface area contributed by atoms with Crippen LogP contribution in [0.25, 0.3) is 21.9 Å². The first-order valence-corrected chi connectivity index (χ1v) is 7.01. The van der Waals surface area contributed by atoms with Crippen LogP contribution in [0.3, 0.4) is 0 Å². The predicted molar refractivity (Wildman–Crippen MR) is 88.2 cm³/mol. The number of nitrogen functional groups attached to an aromatic ring is 1. The summed E-state index contributed by atoms with van der Waals surface area (Å²) in [4.78, 5) is 0. The van der Waals surface area contributed by atoms with Crippen molar-refractivity contribution in [3.8, 4) is 16.9 Å². The van der Waals surface area contributed by atoms with E-state index in [1.165, 1.54) is 5.39 Å². The minimum absolute atomic E-state index is 0.159. The number of hydrogen-bond donors (Lipinski definition) is 2. The first kappa shape index (κ1) is 12.3. The molecule has 0 aliphatic carbocycles. The summed E-state index contributed by atoms with van der Waals surface area (Å²) in [5.41, 5.74) is 8.32. The number of rotatable bonds is 1. The lowest BCUT2D eigenvalue weighted by molar-refractivity contribution is 0.474. The van der Waals surface area contributed by atoms with E-state index in [2.05, 4.69) is 46.9 Å². The van der Waals surface area contributed by atoms with Crippen molar-refractivity contribution in [1.82, 2.24) is 0 Å². The summed E-state index contributed by atoms with van der Waals surface area (Å²) in [5, 5.41) is 12.3. The van der Waals surface area contributed by atoms with Crippen LogP contribution in [-0.2, 0) is 0 Å². The van der Waals surface area contributed by atoms with Gasteiger partial charge in [0.1, 0.15) is 0 Å². The second kappa shape index (κ2) is 4.74. The molecule has 0 amide bonds. The number of aromatic hydroxyl groups is 1. The summed E-state index contributed by atoms with van der Waals surface area (Å²) in [5.74, 6) is 0.159. The summed E-state index contributed by atoms with van der Waals surface area (Å²) < 4.78 is 0.764. The lowest BCUT2D eigenvalue weighted by Gasteiger charge is -2.10. The standard InChI is InChI=1S/C16H12INO/c17-14-8-7-13(15(18)16(14)19)12-6-5-10-3-1-2-4-11(10)9-12/h1-9,19H,18H2. The monoisotopic (exact) mass is 361 g/mol. The lowest BCUT2D eigenvalue weighted by atomic mass is 10.00. The van der Waals surface area contributed by atoms with Gasteiger partial charge in [0.05, 0.1) is 9.26 Å². The van der Waals surface area contributed by atoms with Crippen LogP contribution in [0.2, 0.25) is 0 Å². The molecule has 0 bridgehead atoms. The molecule has 0 aliphatic heterocycles. The highest BCUT2D eigenvalue weighted by molar-refractivity contribution is 14.1. The van der Waals surface area contributed by atoms with Gasteiger partial charge in [-0.05, 0) is 51.1 Å². The van der Waals surface area contributed by atoms with Gasteiger partial charge in [-0.1, -0.05) is 42.5 Å². The average Bonchev–Trinajstić information content (AvgIpc) is 2.44. The Morgan fingerprint density at radius 3 is 2.42 bits per heavy atom. The van der Waals surface area contributed by atoms with E-state index >= 15 is 0 Å². The molecule has 0 fully saturated rings. The van der Waals surface area contributed by atoms with Crippen molar-refractivity contribution in [2.45, 2.75) is 0 Å². The van der Waals surface area contributed by atoms with Crippen LogP contribution in [-0.4, -0.2) is 5.11 Å². The maximum atomic E-state index is 9.93. The Bertz CT molecular complexity index is 768. The normalized spacial score (nSPS) is 10.8. The van der Waals surface area contributed by atoms with Gasteiger partial charge in [-0.25, -0.2) is 0 Å². The quantitative estimate of drug-likeness (QED) is 0.383. The highest BCUT2D eigenvalue weighted by Gasteiger charge is 2.10. The third-order valence-electron chi connectivity index (χ3n) is 3.23. The summed E-state index contributed by atoms with van der Waals surface area (Å²) in [6, 6.07) is 18.2. The highest BCUT2D eigenvalue weighted by atomic mass is 127. The molecule has 3 heteroatoms. The molecule has 2 nitrogen and oxygen atoms in total. The predicted octanol–water partition coefficient (Wildman–Crippen LogP) is 4.40. The van der Waals surface area contributed by atoms with Crippen LogP contribution in [0.15, 0.2) is 54.6 Å². The third kappa shape index (κ3) is 2.14. The van der Waals surface area contributed by atoms with Crippen LogP contribution in [0.4, 0.5) is 5.69 Å². The molecule has 0 radical (unpaired) electrons. The minimum Gasteiger partial charge on any atom is -0.505 e. The Labute approximate surface area is 125 Å². The van der Waals surface area contributed by atoms with Gasteiger partial charge < -0.3 is 10.8 Å². The molecule has 0 atom stereocenters. The molecule has 0 unspecified atom stereocenters.